The normalized spacial score (nSPS) is 6.43. The van der Waals surface area contributed by atoms with Gasteiger partial charge in [-0.1, -0.05) is 0 Å². The van der Waals surface area contributed by atoms with E-state index in [1.165, 1.54) is 0 Å². The molecule has 3 nitrogen and oxygen atoms in total. The first-order chi connectivity index (χ1) is 1.73. The van der Waals surface area contributed by atoms with Crippen LogP contribution in [-0.4, -0.2) is 16.4 Å². The van der Waals surface area contributed by atoms with Crippen LogP contribution in [0.25, 0.3) is 0 Å². The summed E-state index contributed by atoms with van der Waals surface area (Å²) in [4.78, 5) is 0. The summed E-state index contributed by atoms with van der Waals surface area (Å²) < 4.78 is 0. The van der Waals surface area contributed by atoms with Gasteiger partial charge in [-0.25, -0.2) is 0 Å². The van der Waals surface area contributed by atoms with Gasteiger partial charge in [0, 0.05) is 0 Å². The first kappa shape index (κ1) is 23.0. The van der Waals surface area contributed by atoms with Crippen LogP contribution in [0.5, 0.6) is 0 Å². The topological polar surface area (TPSA) is 94.5 Å². The Kier molecular flexibility index (Phi) is 51.6. The Morgan fingerprint density at radius 1 is 0.714 bits per heavy atom. The minimum absolute atomic E-state index is 0. The molecule has 0 aliphatic carbocycles. The molecule has 0 bridgehead atoms. The SMILES string of the molecule is O.O.O.[Cl][Ho]([Cl])[Cl]. The van der Waals surface area contributed by atoms with Gasteiger partial charge in [0.05, 0.1) is 0 Å². The van der Waals surface area contributed by atoms with Crippen LogP contribution < -0.4 is 0 Å². The average molecular weight is 325 g/mol. The fraction of sp³-hybridized carbons (Fsp3) is 0. The van der Waals surface area contributed by atoms with Gasteiger partial charge in [0.1, 0.15) is 0 Å². The van der Waals surface area contributed by atoms with Crippen molar-refractivity contribution in [3.8, 4) is 0 Å². The van der Waals surface area contributed by atoms with Crippen LogP contribution in [0.3, 0.4) is 0 Å². The van der Waals surface area contributed by atoms with E-state index in [2.05, 4.69) is 0 Å². The van der Waals surface area contributed by atoms with E-state index in [1.54, 1.807) is 0 Å². The summed E-state index contributed by atoms with van der Waals surface area (Å²) in [5.41, 5.74) is 0. The third kappa shape index (κ3) is 71.6. The van der Waals surface area contributed by atoms with Crippen LogP contribution in [0.4, 0.5) is 0 Å². The summed E-state index contributed by atoms with van der Waals surface area (Å²) in [5, 5.41) is 0. The Labute approximate surface area is 62.0 Å². The first-order valence-corrected chi connectivity index (χ1v) is 7.61. The molecule has 0 spiro atoms. The summed E-state index contributed by atoms with van der Waals surface area (Å²) in [6.45, 7) is 0. The van der Waals surface area contributed by atoms with E-state index >= 15 is 0 Å². The van der Waals surface area contributed by atoms with E-state index in [-0.39, 0.29) is 16.4 Å². The van der Waals surface area contributed by atoms with Crippen molar-refractivity contribution in [1.29, 1.82) is 0 Å². The van der Waals surface area contributed by atoms with Crippen molar-refractivity contribution < 1.29 is 43.8 Å². The van der Waals surface area contributed by atoms with Gasteiger partial charge in [-0.2, -0.15) is 0 Å². The molecule has 0 aliphatic rings. The minimum atomic E-state index is -1.79. The molecular weight excluding hydrogens is 319 g/mol. The molecule has 0 aliphatic heterocycles. The third-order valence-electron chi connectivity index (χ3n) is 0. The molecule has 0 saturated heterocycles. The zero-order valence-corrected chi connectivity index (χ0v) is 7.14. The molecule has 0 unspecified atom stereocenters. The predicted molar refractivity (Wildman–Crippen MR) is 28.4 cm³/mol. The number of rotatable bonds is 0. The van der Waals surface area contributed by atoms with Crippen molar-refractivity contribution in [3.63, 3.8) is 0 Å². The second kappa shape index (κ2) is 15.7. The van der Waals surface area contributed by atoms with Crippen molar-refractivity contribution in [2.75, 3.05) is 0 Å². The average Bonchev–Trinajstić information content (AvgIpc) is 0.811. The fourth-order valence-electron chi connectivity index (χ4n) is 0. The molecular formula is H6Cl3HoO3. The van der Waals surface area contributed by atoms with Gasteiger partial charge >= 0.3 is 46.6 Å². The maximum absolute atomic E-state index is 4.95. The quantitative estimate of drug-likeness (QED) is 0.542. The second-order valence-electron chi connectivity index (χ2n) is 0.129. The molecule has 0 aromatic carbocycles. The molecule has 6 N–H and O–H groups in total. The van der Waals surface area contributed by atoms with Crippen LogP contribution >= 0.6 is 19.2 Å². The molecule has 0 atom stereocenters. The Bertz CT molecular complexity index is 14.9. The second-order valence-corrected chi connectivity index (χ2v) is 8.62. The Hall–Kier alpha value is 2.01. The van der Waals surface area contributed by atoms with Crippen LogP contribution in [0.15, 0.2) is 0 Å². The molecule has 56 valence electrons. The molecule has 0 aromatic rings. The van der Waals surface area contributed by atoms with Crippen LogP contribution in [-0.2, 0) is 0 Å². The van der Waals surface area contributed by atoms with E-state index in [4.69, 9.17) is 19.2 Å². The van der Waals surface area contributed by atoms with Crippen LogP contribution in [0, 0.1) is 27.4 Å². The summed E-state index contributed by atoms with van der Waals surface area (Å²) in [6.07, 6.45) is 14.9. The molecule has 0 radical (unpaired) electrons. The van der Waals surface area contributed by atoms with E-state index in [1.807, 2.05) is 0 Å². The Morgan fingerprint density at radius 3 is 0.714 bits per heavy atom. The van der Waals surface area contributed by atoms with E-state index in [0.29, 0.717) is 0 Å². The maximum atomic E-state index is 4.95. The summed E-state index contributed by atoms with van der Waals surface area (Å²) >= 11 is -1.79. The van der Waals surface area contributed by atoms with Crippen LogP contribution in [0.1, 0.15) is 0 Å². The van der Waals surface area contributed by atoms with Gasteiger partial charge in [0.2, 0.25) is 0 Å². The summed E-state index contributed by atoms with van der Waals surface area (Å²) in [5.74, 6) is 0. The van der Waals surface area contributed by atoms with Gasteiger partial charge < -0.3 is 16.4 Å². The van der Waals surface area contributed by atoms with Gasteiger partial charge in [-0.3, -0.25) is 0 Å². The van der Waals surface area contributed by atoms with Crippen molar-refractivity contribution in [2.45, 2.75) is 0 Å². The van der Waals surface area contributed by atoms with Crippen molar-refractivity contribution >= 4 is 19.2 Å². The third-order valence-corrected chi connectivity index (χ3v) is 0. The standard InChI is InChI=1S/3ClH.Ho.3H2O/h3*1H;;3*1H2/q;;;+3;;;/p-3. The van der Waals surface area contributed by atoms with Gasteiger partial charge in [-0.05, 0) is 0 Å². The number of hydrogen-bond acceptors (Lipinski definition) is 0. The monoisotopic (exact) mass is 324 g/mol. The van der Waals surface area contributed by atoms with Crippen molar-refractivity contribution in [2.24, 2.45) is 0 Å². The predicted octanol–water partition coefficient (Wildman–Crippen LogP) is -0.406. The molecule has 7 heavy (non-hydrogen) atoms. The number of hydrogen-bond donors (Lipinski definition) is 0. The summed E-state index contributed by atoms with van der Waals surface area (Å²) in [6, 6.07) is 0. The van der Waals surface area contributed by atoms with Gasteiger partial charge in [-0.15, -0.1) is 0 Å². The first-order valence-electron chi connectivity index (χ1n) is 0.342. The molecule has 0 heterocycles. The zero-order valence-electron chi connectivity index (χ0n) is 2.94. The molecule has 0 aromatic heterocycles. The fourth-order valence-corrected chi connectivity index (χ4v) is 0. The van der Waals surface area contributed by atoms with Gasteiger partial charge in [0.15, 0.2) is 0 Å². The number of halogens is 3. The van der Waals surface area contributed by atoms with E-state index in [9.17, 15) is 0 Å². The van der Waals surface area contributed by atoms with Gasteiger partial charge in [0.25, 0.3) is 0 Å². The Morgan fingerprint density at radius 2 is 0.714 bits per heavy atom. The Balaban J connectivity index is -0.0000000150. The van der Waals surface area contributed by atoms with E-state index < -0.39 is 27.4 Å². The molecule has 0 amide bonds. The zero-order chi connectivity index (χ0) is 3.58. The summed E-state index contributed by atoms with van der Waals surface area (Å²) in [7, 11) is 0. The van der Waals surface area contributed by atoms with E-state index in [0.717, 1.165) is 0 Å². The van der Waals surface area contributed by atoms with Crippen molar-refractivity contribution in [1.82, 2.24) is 0 Å². The van der Waals surface area contributed by atoms with Crippen molar-refractivity contribution in [3.05, 3.63) is 0 Å². The molecule has 0 fully saturated rings. The molecule has 7 heteroatoms. The van der Waals surface area contributed by atoms with Crippen LogP contribution in [0.2, 0.25) is 0 Å². The molecule has 0 saturated carbocycles. The molecule has 0 rings (SSSR count).